The van der Waals surface area contributed by atoms with Gasteiger partial charge in [-0.1, -0.05) is 17.9 Å². The molecule has 9 heteroatoms. The highest BCUT2D eigenvalue weighted by atomic mass is 32.2. The normalized spacial score (nSPS) is 20.3. The summed E-state index contributed by atoms with van der Waals surface area (Å²) >= 11 is 0. The number of allylic oxidation sites excluding steroid dienone is 3. The molecule has 0 aliphatic heterocycles. The first-order valence-corrected chi connectivity index (χ1v) is 7.61. The second-order valence-electron chi connectivity index (χ2n) is 3.44. The van der Waals surface area contributed by atoms with E-state index in [1.807, 2.05) is 5.92 Å². The van der Waals surface area contributed by atoms with Crippen LogP contribution in [0.25, 0.3) is 0 Å². The predicted octanol–water partition coefficient (Wildman–Crippen LogP) is -0.823. The first kappa shape index (κ1) is 14.9. The Balaban J connectivity index is 3.35. The fourth-order valence-corrected chi connectivity index (χ4v) is 2.49. The van der Waals surface area contributed by atoms with E-state index >= 15 is 0 Å². The van der Waals surface area contributed by atoms with E-state index in [4.69, 9.17) is 9.11 Å². The van der Waals surface area contributed by atoms with Gasteiger partial charge in [-0.15, -0.1) is 0 Å². The largest absolute Gasteiger partial charge is 0.316 e. The maximum Gasteiger partial charge on any atom is 0.302 e. The van der Waals surface area contributed by atoms with Crippen molar-refractivity contribution >= 4 is 20.2 Å². The monoisotopic (exact) mass is 293 g/mol. The minimum Gasteiger partial charge on any atom is -0.316 e. The zero-order chi connectivity index (χ0) is 14.0. The Morgan fingerprint density at radius 1 is 1.28 bits per heavy atom. The Morgan fingerprint density at radius 3 is 2.33 bits per heavy atom. The van der Waals surface area contributed by atoms with Gasteiger partial charge in [-0.2, -0.15) is 16.8 Å². The molecule has 100 valence electrons. The van der Waals surface area contributed by atoms with Gasteiger partial charge in [0.1, 0.15) is 4.91 Å². The van der Waals surface area contributed by atoms with E-state index in [-0.39, 0.29) is 12.1 Å². The van der Waals surface area contributed by atoms with E-state index in [2.05, 4.69) is 11.2 Å². The van der Waals surface area contributed by atoms with Gasteiger partial charge in [0, 0.05) is 6.54 Å². The smallest absolute Gasteiger partial charge is 0.302 e. The van der Waals surface area contributed by atoms with Crippen LogP contribution in [-0.2, 0) is 20.2 Å². The van der Waals surface area contributed by atoms with Crippen LogP contribution in [0.2, 0.25) is 0 Å². The van der Waals surface area contributed by atoms with E-state index in [0.717, 1.165) is 6.08 Å². The van der Waals surface area contributed by atoms with E-state index in [0.29, 0.717) is 0 Å². The summed E-state index contributed by atoms with van der Waals surface area (Å²) in [6.07, 6.45) is 2.16. The number of nitrogens with one attached hydrogen (secondary N) is 1. The molecule has 1 aliphatic rings. The summed E-state index contributed by atoms with van der Waals surface area (Å²) in [6.45, 7) is 0.0917. The van der Waals surface area contributed by atoms with Crippen molar-refractivity contribution in [3.05, 3.63) is 22.6 Å². The zero-order valence-electron chi connectivity index (χ0n) is 9.28. The van der Waals surface area contributed by atoms with Gasteiger partial charge in [0.15, 0.2) is 5.25 Å². The van der Waals surface area contributed by atoms with Gasteiger partial charge in [-0.05, 0) is 18.7 Å². The van der Waals surface area contributed by atoms with Gasteiger partial charge in [-0.25, -0.2) is 0 Å². The molecular weight excluding hydrogens is 282 g/mol. The number of rotatable bonds is 4. The molecule has 0 saturated heterocycles. The van der Waals surface area contributed by atoms with Crippen LogP contribution in [0, 0.1) is 11.8 Å². The van der Waals surface area contributed by atoms with Crippen molar-refractivity contribution < 1.29 is 25.9 Å². The van der Waals surface area contributed by atoms with Crippen molar-refractivity contribution in [1.82, 2.24) is 5.32 Å². The zero-order valence-corrected chi connectivity index (χ0v) is 10.9. The van der Waals surface area contributed by atoms with E-state index in [9.17, 15) is 16.8 Å². The van der Waals surface area contributed by atoms with Crippen LogP contribution in [0.15, 0.2) is 22.6 Å². The van der Waals surface area contributed by atoms with Gasteiger partial charge in [0.05, 0.1) is 0 Å². The summed E-state index contributed by atoms with van der Waals surface area (Å²) in [7, 11) is -7.44. The molecule has 0 fully saturated rings. The third-order valence-corrected chi connectivity index (χ3v) is 3.88. The van der Waals surface area contributed by atoms with Gasteiger partial charge in [0.2, 0.25) is 0 Å². The fourth-order valence-electron chi connectivity index (χ4n) is 1.31. The summed E-state index contributed by atoms with van der Waals surface area (Å²) in [6, 6.07) is 0. The van der Waals surface area contributed by atoms with Crippen LogP contribution in [0.3, 0.4) is 0 Å². The van der Waals surface area contributed by atoms with Crippen molar-refractivity contribution in [2.45, 2.75) is 5.25 Å². The Kier molecular flexibility index (Phi) is 4.31. The first-order valence-electron chi connectivity index (χ1n) is 4.67. The topological polar surface area (TPSA) is 121 Å². The molecular formula is C9H11NO6S2. The SMILES string of the molecule is CNCC1=CC=C(S(=O)(=O)O)C#CC1S(=O)(=O)O. The Labute approximate surface area is 105 Å². The number of likely N-dealkylation sites (N-methyl/N-ethyl adjacent to an activating group) is 1. The van der Waals surface area contributed by atoms with Crippen LogP contribution >= 0.6 is 0 Å². The number of hydrogen-bond acceptors (Lipinski definition) is 5. The van der Waals surface area contributed by atoms with Crippen molar-refractivity contribution in [1.29, 1.82) is 0 Å². The van der Waals surface area contributed by atoms with E-state index in [1.54, 1.807) is 7.05 Å². The molecule has 1 atom stereocenters. The highest BCUT2D eigenvalue weighted by molar-refractivity contribution is 7.90. The van der Waals surface area contributed by atoms with Crippen LogP contribution in [-0.4, -0.2) is 44.8 Å². The van der Waals surface area contributed by atoms with Gasteiger partial charge >= 0.3 is 10.1 Å². The third kappa shape index (κ3) is 3.66. The lowest BCUT2D eigenvalue weighted by Gasteiger charge is -2.10. The summed E-state index contributed by atoms with van der Waals surface area (Å²) < 4.78 is 61.9. The summed E-state index contributed by atoms with van der Waals surface area (Å²) in [4.78, 5) is -0.623. The average Bonchev–Trinajstić information content (AvgIpc) is 2.38. The van der Waals surface area contributed by atoms with E-state index < -0.39 is 30.4 Å². The molecule has 0 aromatic heterocycles. The maximum absolute atomic E-state index is 11.1. The highest BCUT2D eigenvalue weighted by Gasteiger charge is 2.26. The van der Waals surface area contributed by atoms with Crippen LogP contribution in [0.4, 0.5) is 0 Å². The molecule has 0 saturated carbocycles. The maximum atomic E-state index is 11.1. The fraction of sp³-hybridized carbons (Fsp3) is 0.333. The minimum atomic E-state index is -4.51. The van der Waals surface area contributed by atoms with Crippen molar-refractivity contribution in [3.8, 4) is 11.8 Å². The molecule has 0 bridgehead atoms. The van der Waals surface area contributed by atoms with Crippen LogP contribution in [0.1, 0.15) is 0 Å². The quantitative estimate of drug-likeness (QED) is 0.457. The minimum absolute atomic E-state index is 0.0917. The van der Waals surface area contributed by atoms with Crippen molar-refractivity contribution in [3.63, 3.8) is 0 Å². The molecule has 7 nitrogen and oxygen atoms in total. The molecule has 0 spiro atoms. The molecule has 0 aromatic carbocycles. The molecule has 18 heavy (non-hydrogen) atoms. The molecule has 1 aliphatic carbocycles. The second-order valence-corrected chi connectivity index (χ2v) is 6.33. The molecule has 0 radical (unpaired) electrons. The van der Waals surface area contributed by atoms with Gasteiger partial charge in [-0.3, -0.25) is 9.11 Å². The Hall–Kier alpha value is -1.18. The third-order valence-electron chi connectivity index (χ3n) is 2.07. The molecule has 0 aromatic rings. The summed E-state index contributed by atoms with van der Waals surface area (Å²) in [5.74, 6) is 4.13. The molecule has 1 unspecified atom stereocenters. The molecule has 3 N–H and O–H groups in total. The molecule has 1 rings (SSSR count). The number of hydrogen-bond donors (Lipinski definition) is 3. The van der Waals surface area contributed by atoms with Crippen LogP contribution in [0.5, 0.6) is 0 Å². The second kappa shape index (κ2) is 5.21. The van der Waals surface area contributed by atoms with E-state index in [1.165, 1.54) is 6.08 Å². The summed E-state index contributed by atoms with van der Waals surface area (Å²) in [5, 5.41) is 1.14. The van der Waals surface area contributed by atoms with Crippen molar-refractivity contribution in [2.24, 2.45) is 0 Å². The lowest BCUT2D eigenvalue weighted by molar-refractivity contribution is 0.479. The Morgan fingerprint density at radius 2 is 1.89 bits per heavy atom. The predicted molar refractivity (Wildman–Crippen MR) is 64.8 cm³/mol. The lowest BCUT2D eigenvalue weighted by atomic mass is 10.2. The van der Waals surface area contributed by atoms with Gasteiger partial charge < -0.3 is 5.32 Å². The lowest BCUT2D eigenvalue weighted by Crippen LogP contribution is -2.26. The average molecular weight is 293 g/mol. The Bertz CT molecular complexity index is 660. The van der Waals surface area contributed by atoms with Gasteiger partial charge in [0.25, 0.3) is 10.1 Å². The van der Waals surface area contributed by atoms with Crippen molar-refractivity contribution in [2.75, 3.05) is 13.6 Å². The summed E-state index contributed by atoms with van der Waals surface area (Å²) in [5.41, 5.74) is 0.172. The highest BCUT2D eigenvalue weighted by Crippen LogP contribution is 2.15. The standard InChI is InChI=1S/C9H11NO6S2/c1-10-6-7-2-3-8(17(11,12)13)4-5-9(7)18(14,15)16/h2-3,9-10H,6H2,1H3,(H,11,12,13)(H,14,15,16). The first-order chi connectivity index (χ1) is 8.16. The van der Waals surface area contributed by atoms with Crippen LogP contribution < -0.4 is 5.32 Å². The molecule has 0 amide bonds. The molecule has 0 heterocycles.